The van der Waals surface area contributed by atoms with Gasteiger partial charge in [-0.2, -0.15) is 0 Å². The summed E-state index contributed by atoms with van der Waals surface area (Å²) in [6.45, 7) is 2.28. The van der Waals surface area contributed by atoms with Gasteiger partial charge in [-0.15, -0.1) is 0 Å². The summed E-state index contributed by atoms with van der Waals surface area (Å²) in [4.78, 5) is 2.72. The normalized spacial score (nSPS) is 18.2. The minimum atomic E-state index is -3.55. The smallest absolute Gasteiger partial charge is 0.240 e. The first-order chi connectivity index (χ1) is 13.6. The molecule has 5 nitrogen and oxygen atoms in total. The summed E-state index contributed by atoms with van der Waals surface area (Å²) in [5.41, 5.74) is 3.48. The van der Waals surface area contributed by atoms with Crippen molar-refractivity contribution in [2.75, 3.05) is 26.7 Å². The van der Waals surface area contributed by atoms with E-state index < -0.39 is 10.0 Å². The third-order valence-electron chi connectivity index (χ3n) is 5.93. The van der Waals surface area contributed by atoms with Gasteiger partial charge >= 0.3 is 0 Å². The number of para-hydroxylation sites is 1. The van der Waals surface area contributed by atoms with Gasteiger partial charge in [-0.3, -0.25) is 4.90 Å². The van der Waals surface area contributed by atoms with Crippen molar-refractivity contribution in [3.05, 3.63) is 59.2 Å². The fourth-order valence-electron chi connectivity index (χ4n) is 4.42. The monoisotopic (exact) mass is 400 g/mol. The van der Waals surface area contributed by atoms with Crippen LogP contribution in [0, 0.1) is 0 Å². The maximum absolute atomic E-state index is 13.0. The van der Waals surface area contributed by atoms with E-state index in [9.17, 15) is 8.42 Å². The average molecular weight is 401 g/mol. The molecule has 0 amide bonds. The van der Waals surface area contributed by atoms with E-state index in [1.54, 1.807) is 13.2 Å². The molecule has 2 aromatic carbocycles. The number of nitrogens with zero attached hydrogens (tertiary/aromatic N) is 1. The van der Waals surface area contributed by atoms with Crippen molar-refractivity contribution < 1.29 is 13.2 Å². The predicted molar refractivity (Wildman–Crippen MR) is 110 cm³/mol. The number of benzene rings is 2. The van der Waals surface area contributed by atoms with Crippen LogP contribution in [0.4, 0.5) is 0 Å². The van der Waals surface area contributed by atoms with Crippen molar-refractivity contribution in [2.45, 2.75) is 43.0 Å². The number of ether oxygens (including phenoxy) is 1. The molecule has 6 heteroatoms. The first kappa shape index (κ1) is 19.4. The number of aryl methyl sites for hydroxylation is 2. The number of likely N-dealkylation sites (tertiary alicyclic amines) is 1. The Hall–Kier alpha value is -1.89. The lowest BCUT2D eigenvalue weighted by Gasteiger charge is -2.29. The molecule has 0 aromatic heterocycles. The molecule has 1 atom stereocenters. The molecule has 0 bridgehead atoms. The van der Waals surface area contributed by atoms with Gasteiger partial charge in [-0.25, -0.2) is 13.1 Å². The highest BCUT2D eigenvalue weighted by molar-refractivity contribution is 7.89. The molecule has 150 valence electrons. The van der Waals surface area contributed by atoms with Crippen LogP contribution in [0.15, 0.2) is 47.4 Å². The van der Waals surface area contributed by atoms with Crippen LogP contribution < -0.4 is 9.46 Å². The quantitative estimate of drug-likeness (QED) is 0.775. The Morgan fingerprint density at radius 1 is 1.04 bits per heavy atom. The van der Waals surface area contributed by atoms with Crippen molar-refractivity contribution in [2.24, 2.45) is 0 Å². The van der Waals surface area contributed by atoms with Gasteiger partial charge in [0.2, 0.25) is 10.0 Å². The lowest BCUT2D eigenvalue weighted by atomic mass is 10.0. The number of methoxy groups -OCH3 is 1. The largest absolute Gasteiger partial charge is 0.496 e. The van der Waals surface area contributed by atoms with Gasteiger partial charge in [0.05, 0.1) is 18.0 Å². The summed E-state index contributed by atoms with van der Waals surface area (Å²) < 4.78 is 34.4. The Balaban J connectivity index is 1.57. The van der Waals surface area contributed by atoms with Gasteiger partial charge in [0.1, 0.15) is 5.75 Å². The Labute approximate surface area is 167 Å². The van der Waals surface area contributed by atoms with Crippen molar-refractivity contribution >= 4 is 10.0 Å². The molecule has 28 heavy (non-hydrogen) atoms. The number of nitrogens with one attached hydrogen (secondary N) is 1. The van der Waals surface area contributed by atoms with Gasteiger partial charge < -0.3 is 4.74 Å². The van der Waals surface area contributed by atoms with Gasteiger partial charge in [0.15, 0.2) is 0 Å². The van der Waals surface area contributed by atoms with E-state index in [1.165, 1.54) is 11.1 Å². The van der Waals surface area contributed by atoms with Crippen LogP contribution in [-0.4, -0.2) is 40.1 Å². The third kappa shape index (κ3) is 3.95. The molecule has 1 heterocycles. The van der Waals surface area contributed by atoms with Crippen LogP contribution in [0.25, 0.3) is 0 Å². The van der Waals surface area contributed by atoms with E-state index >= 15 is 0 Å². The van der Waals surface area contributed by atoms with E-state index in [-0.39, 0.29) is 6.04 Å². The van der Waals surface area contributed by atoms with Gasteiger partial charge in [-0.05, 0) is 74.5 Å². The molecule has 0 spiro atoms. The molecule has 1 aliphatic heterocycles. The zero-order valence-corrected chi connectivity index (χ0v) is 17.2. The number of hydrogen-bond acceptors (Lipinski definition) is 4. The third-order valence-corrected chi connectivity index (χ3v) is 7.35. The maximum atomic E-state index is 13.0. The van der Waals surface area contributed by atoms with E-state index in [1.807, 2.05) is 36.4 Å². The van der Waals surface area contributed by atoms with Crippen molar-refractivity contribution in [1.29, 1.82) is 0 Å². The minimum Gasteiger partial charge on any atom is -0.496 e. The molecule has 1 N–H and O–H groups in total. The Morgan fingerprint density at radius 3 is 2.57 bits per heavy atom. The summed E-state index contributed by atoms with van der Waals surface area (Å²) in [6, 6.07) is 13.4. The van der Waals surface area contributed by atoms with Crippen molar-refractivity contribution in [1.82, 2.24) is 9.62 Å². The highest BCUT2D eigenvalue weighted by atomic mass is 32.2. The average Bonchev–Trinajstić information content (AvgIpc) is 3.40. The lowest BCUT2D eigenvalue weighted by molar-refractivity contribution is 0.240. The molecule has 2 aromatic rings. The van der Waals surface area contributed by atoms with Gasteiger partial charge in [0.25, 0.3) is 0 Å². The molecule has 0 saturated carbocycles. The van der Waals surface area contributed by atoms with E-state index in [0.717, 1.165) is 56.5 Å². The number of fused-ring (bicyclic) bond motifs is 1. The second kappa shape index (κ2) is 8.23. The molecule has 2 aliphatic rings. The predicted octanol–water partition coefficient (Wildman–Crippen LogP) is 3.30. The second-order valence-electron chi connectivity index (χ2n) is 7.64. The molecule has 1 aliphatic carbocycles. The zero-order chi connectivity index (χ0) is 19.6. The number of rotatable bonds is 7. The van der Waals surface area contributed by atoms with Crippen molar-refractivity contribution in [3.8, 4) is 5.75 Å². The second-order valence-corrected chi connectivity index (χ2v) is 9.40. The van der Waals surface area contributed by atoms with Crippen LogP contribution in [0.5, 0.6) is 5.75 Å². The van der Waals surface area contributed by atoms with Crippen LogP contribution in [0.1, 0.15) is 42.0 Å². The highest BCUT2D eigenvalue weighted by Gasteiger charge is 2.28. The van der Waals surface area contributed by atoms with Crippen molar-refractivity contribution in [3.63, 3.8) is 0 Å². The molecule has 4 rings (SSSR count). The fraction of sp³-hybridized carbons (Fsp3) is 0.455. The molecular weight excluding hydrogens is 372 g/mol. The van der Waals surface area contributed by atoms with Gasteiger partial charge in [0, 0.05) is 12.1 Å². The molecule has 1 unspecified atom stereocenters. The standard InChI is InChI=1S/C22H28N2O3S/c1-27-22-10-3-2-9-20(22)21(24-13-4-5-14-24)16-23-28(25,26)19-12-11-17-7-6-8-18(17)15-19/h2-3,9-12,15,21,23H,4-8,13-14,16H2,1H3. The summed E-state index contributed by atoms with van der Waals surface area (Å²) in [6.07, 6.45) is 5.41. The summed E-state index contributed by atoms with van der Waals surface area (Å²) in [7, 11) is -1.89. The first-order valence-electron chi connectivity index (χ1n) is 10.1. The zero-order valence-electron chi connectivity index (χ0n) is 16.4. The maximum Gasteiger partial charge on any atom is 0.240 e. The van der Waals surface area contributed by atoms with E-state index in [2.05, 4.69) is 9.62 Å². The number of sulfonamides is 1. The summed E-state index contributed by atoms with van der Waals surface area (Å²) in [5, 5.41) is 0. The van der Waals surface area contributed by atoms with E-state index in [0.29, 0.717) is 11.4 Å². The topological polar surface area (TPSA) is 58.6 Å². The SMILES string of the molecule is COc1ccccc1C(CNS(=O)(=O)c1ccc2c(c1)CCC2)N1CCCC1. The Morgan fingerprint density at radius 2 is 1.79 bits per heavy atom. The van der Waals surface area contributed by atoms with Crippen LogP contribution in [0.3, 0.4) is 0 Å². The van der Waals surface area contributed by atoms with Crippen LogP contribution in [0.2, 0.25) is 0 Å². The molecule has 1 fully saturated rings. The summed E-state index contributed by atoms with van der Waals surface area (Å²) in [5.74, 6) is 0.802. The highest BCUT2D eigenvalue weighted by Crippen LogP contribution is 2.32. The fourth-order valence-corrected chi connectivity index (χ4v) is 5.51. The molecular formula is C22H28N2O3S. The first-order valence-corrected chi connectivity index (χ1v) is 11.6. The van der Waals surface area contributed by atoms with Crippen LogP contribution in [-0.2, 0) is 22.9 Å². The molecule has 0 radical (unpaired) electrons. The minimum absolute atomic E-state index is 0.0390. The Bertz CT molecular complexity index is 937. The number of hydrogen-bond donors (Lipinski definition) is 1. The summed E-state index contributed by atoms with van der Waals surface area (Å²) >= 11 is 0. The molecule has 1 saturated heterocycles. The Kier molecular flexibility index (Phi) is 5.71. The van der Waals surface area contributed by atoms with Crippen LogP contribution >= 0.6 is 0 Å². The van der Waals surface area contributed by atoms with E-state index in [4.69, 9.17) is 4.74 Å². The lowest BCUT2D eigenvalue weighted by Crippen LogP contribution is -2.37. The van der Waals surface area contributed by atoms with Gasteiger partial charge in [-0.1, -0.05) is 24.3 Å².